The fraction of sp³-hybridized carbons (Fsp3) is 1.00. The predicted octanol–water partition coefficient (Wildman–Crippen LogP) is -1.14. The van der Waals surface area contributed by atoms with Gasteiger partial charge in [0.15, 0.2) is 0 Å². The second-order valence-corrected chi connectivity index (χ2v) is 2.38. The van der Waals surface area contributed by atoms with Crippen molar-refractivity contribution in [1.29, 1.82) is 0 Å². The van der Waals surface area contributed by atoms with Gasteiger partial charge in [-0.1, -0.05) is 0 Å². The number of aliphatic hydroxyl groups is 1. The molecule has 0 spiro atoms. The smallest absolute Gasteiger partial charge is 0.0852 e. The number of aliphatic hydroxyl groups excluding tert-OH is 1. The van der Waals surface area contributed by atoms with E-state index >= 15 is 0 Å². The minimum absolute atomic E-state index is 0.0555. The molecular formula is C6H14N2O2. The Balaban J connectivity index is 2.14. The second kappa shape index (κ2) is 3.88. The predicted molar refractivity (Wildman–Crippen MR) is 37.4 cm³/mol. The van der Waals surface area contributed by atoms with E-state index < -0.39 is 0 Å². The summed E-state index contributed by atoms with van der Waals surface area (Å²) in [7, 11) is 0. The van der Waals surface area contributed by atoms with Crippen molar-refractivity contribution in [3.8, 4) is 0 Å². The van der Waals surface area contributed by atoms with Crippen molar-refractivity contribution in [2.45, 2.75) is 19.1 Å². The number of hydrogen-bond acceptors (Lipinski definition) is 4. The van der Waals surface area contributed by atoms with Crippen LogP contribution in [0.25, 0.3) is 0 Å². The molecule has 2 atom stereocenters. The first kappa shape index (κ1) is 7.94. The zero-order valence-corrected chi connectivity index (χ0v) is 6.13. The summed E-state index contributed by atoms with van der Waals surface area (Å²) in [6, 6.07) is 0.0555. The van der Waals surface area contributed by atoms with Crippen LogP contribution in [0.4, 0.5) is 0 Å². The summed E-state index contributed by atoms with van der Waals surface area (Å²) in [5.41, 5.74) is 2.77. The van der Waals surface area contributed by atoms with Gasteiger partial charge in [0.2, 0.25) is 0 Å². The standard InChI is InChI=1S/C6H14N2O2/c1-2-10-8-5-3-7-4-6(5)9/h5-9H,2-4H2,1H3/t5-,6-/m1/s1. The summed E-state index contributed by atoms with van der Waals surface area (Å²) in [6.07, 6.45) is -0.313. The Kier molecular flexibility index (Phi) is 3.08. The lowest BCUT2D eigenvalue weighted by atomic mass is 10.2. The van der Waals surface area contributed by atoms with E-state index in [-0.39, 0.29) is 12.1 Å². The molecule has 1 heterocycles. The van der Waals surface area contributed by atoms with Crippen LogP contribution in [0, 0.1) is 0 Å². The van der Waals surface area contributed by atoms with E-state index in [0.29, 0.717) is 13.2 Å². The van der Waals surface area contributed by atoms with Crippen molar-refractivity contribution >= 4 is 0 Å². The van der Waals surface area contributed by atoms with Crippen LogP contribution >= 0.6 is 0 Å². The Morgan fingerprint density at radius 3 is 3.00 bits per heavy atom. The minimum Gasteiger partial charge on any atom is -0.390 e. The fourth-order valence-corrected chi connectivity index (χ4v) is 0.976. The summed E-state index contributed by atoms with van der Waals surface area (Å²) < 4.78 is 0. The maximum Gasteiger partial charge on any atom is 0.0852 e. The Bertz CT molecular complexity index is 99.7. The molecule has 1 rings (SSSR count). The van der Waals surface area contributed by atoms with Crippen LogP contribution in [0.1, 0.15) is 6.92 Å². The topological polar surface area (TPSA) is 53.5 Å². The largest absolute Gasteiger partial charge is 0.390 e. The molecule has 60 valence electrons. The van der Waals surface area contributed by atoms with E-state index in [1.54, 1.807) is 0 Å². The van der Waals surface area contributed by atoms with Crippen LogP contribution in [0.3, 0.4) is 0 Å². The zero-order valence-electron chi connectivity index (χ0n) is 6.13. The number of β-amino-alcohol motifs (C(OH)–C–C–N with tert-alkyl or cyclic N) is 1. The highest BCUT2D eigenvalue weighted by atomic mass is 16.6. The van der Waals surface area contributed by atoms with Crippen LogP contribution in [0.2, 0.25) is 0 Å². The summed E-state index contributed by atoms with van der Waals surface area (Å²) in [5, 5.41) is 12.2. The van der Waals surface area contributed by atoms with Crippen molar-refractivity contribution in [2.75, 3.05) is 19.7 Å². The van der Waals surface area contributed by atoms with Crippen molar-refractivity contribution in [2.24, 2.45) is 0 Å². The molecule has 0 saturated carbocycles. The summed E-state index contributed by atoms with van der Waals surface area (Å²) in [4.78, 5) is 4.94. The summed E-state index contributed by atoms with van der Waals surface area (Å²) in [5.74, 6) is 0. The SMILES string of the molecule is CCON[C@@H]1CNC[C@H]1O. The van der Waals surface area contributed by atoms with E-state index in [1.165, 1.54) is 0 Å². The average molecular weight is 146 g/mol. The van der Waals surface area contributed by atoms with Gasteiger partial charge in [-0.2, -0.15) is 5.48 Å². The zero-order chi connectivity index (χ0) is 7.40. The molecule has 1 aliphatic heterocycles. The quantitative estimate of drug-likeness (QED) is 0.441. The van der Waals surface area contributed by atoms with Crippen LogP contribution < -0.4 is 10.8 Å². The van der Waals surface area contributed by atoms with E-state index in [1.807, 2.05) is 6.92 Å². The Morgan fingerprint density at radius 1 is 1.70 bits per heavy atom. The number of hydrogen-bond donors (Lipinski definition) is 3. The highest BCUT2D eigenvalue weighted by Crippen LogP contribution is 1.97. The average Bonchev–Trinajstić information content (AvgIpc) is 2.31. The Labute approximate surface area is 60.5 Å². The van der Waals surface area contributed by atoms with E-state index in [9.17, 15) is 5.11 Å². The van der Waals surface area contributed by atoms with Gasteiger partial charge in [0.1, 0.15) is 0 Å². The third kappa shape index (κ3) is 1.91. The lowest BCUT2D eigenvalue weighted by Gasteiger charge is -2.13. The molecule has 4 heteroatoms. The van der Waals surface area contributed by atoms with Gasteiger partial charge in [-0.15, -0.1) is 0 Å². The molecule has 0 aromatic rings. The molecule has 0 aliphatic carbocycles. The molecule has 0 unspecified atom stereocenters. The van der Waals surface area contributed by atoms with Gasteiger partial charge in [0.25, 0.3) is 0 Å². The highest BCUT2D eigenvalue weighted by molar-refractivity contribution is 4.83. The number of nitrogens with one attached hydrogen (secondary N) is 2. The van der Waals surface area contributed by atoms with E-state index in [2.05, 4.69) is 10.8 Å². The fourth-order valence-electron chi connectivity index (χ4n) is 0.976. The molecule has 10 heavy (non-hydrogen) atoms. The molecule has 0 aromatic heterocycles. The third-order valence-corrected chi connectivity index (χ3v) is 1.56. The molecule has 0 aromatic carbocycles. The number of rotatable bonds is 3. The molecule has 4 nitrogen and oxygen atoms in total. The summed E-state index contributed by atoms with van der Waals surface area (Å²) in [6.45, 7) is 3.97. The molecule has 1 aliphatic rings. The van der Waals surface area contributed by atoms with Crippen molar-refractivity contribution in [3.63, 3.8) is 0 Å². The van der Waals surface area contributed by atoms with Crippen molar-refractivity contribution < 1.29 is 9.94 Å². The first-order valence-corrected chi connectivity index (χ1v) is 3.60. The minimum atomic E-state index is -0.313. The normalized spacial score (nSPS) is 33.0. The van der Waals surface area contributed by atoms with Crippen molar-refractivity contribution in [3.05, 3.63) is 0 Å². The lowest BCUT2D eigenvalue weighted by Crippen LogP contribution is -2.38. The molecular weight excluding hydrogens is 132 g/mol. The maximum atomic E-state index is 9.21. The van der Waals surface area contributed by atoms with Gasteiger partial charge in [-0.05, 0) is 6.92 Å². The Morgan fingerprint density at radius 2 is 2.50 bits per heavy atom. The van der Waals surface area contributed by atoms with Crippen LogP contribution in [0.5, 0.6) is 0 Å². The molecule has 1 fully saturated rings. The second-order valence-electron chi connectivity index (χ2n) is 2.38. The lowest BCUT2D eigenvalue weighted by molar-refractivity contribution is -0.000878. The first-order valence-electron chi connectivity index (χ1n) is 3.60. The van der Waals surface area contributed by atoms with Gasteiger partial charge in [-0.3, -0.25) is 0 Å². The maximum absolute atomic E-state index is 9.21. The molecule has 0 bridgehead atoms. The van der Waals surface area contributed by atoms with Gasteiger partial charge in [-0.25, -0.2) is 0 Å². The Hall–Kier alpha value is -0.160. The van der Waals surface area contributed by atoms with Crippen LogP contribution in [-0.4, -0.2) is 36.9 Å². The molecule has 1 saturated heterocycles. The van der Waals surface area contributed by atoms with Gasteiger partial charge in [0, 0.05) is 13.1 Å². The third-order valence-electron chi connectivity index (χ3n) is 1.56. The van der Waals surface area contributed by atoms with E-state index in [4.69, 9.17) is 4.84 Å². The van der Waals surface area contributed by atoms with Gasteiger partial charge >= 0.3 is 0 Å². The summed E-state index contributed by atoms with van der Waals surface area (Å²) >= 11 is 0. The highest BCUT2D eigenvalue weighted by Gasteiger charge is 2.24. The number of hydroxylamine groups is 1. The van der Waals surface area contributed by atoms with E-state index in [0.717, 1.165) is 6.54 Å². The van der Waals surface area contributed by atoms with Crippen LogP contribution in [0.15, 0.2) is 0 Å². The molecule has 0 amide bonds. The van der Waals surface area contributed by atoms with Crippen molar-refractivity contribution in [1.82, 2.24) is 10.8 Å². The van der Waals surface area contributed by atoms with Gasteiger partial charge < -0.3 is 15.3 Å². The van der Waals surface area contributed by atoms with Crippen LogP contribution in [-0.2, 0) is 4.84 Å². The monoisotopic (exact) mass is 146 g/mol. The molecule has 3 N–H and O–H groups in total. The first-order chi connectivity index (χ1) is 4.84. The molecule has 0 radical (unpaired) electrons. The van der Waals surface area contributed by atoms with Gasteiger partial charge in [0.05, 0.1) is 18.8 Å².